The van der Waals surface area contributed by atoms with Crippen molar-refractivity contribution in [3.05, 3.63) is 11.8 Å². The molecule has 0 unspecified atom stereocenters. The topological polar surface area (TPSA) is 78.9 Å². The van der Waals surface area contributed by atoms with E-state index in [1.807, 2.05) is 6.92 Å². The van der Waals surface area contributed by atoms with Gasteiger partial charge in [0.15, 0.2) is 5.78 Å². The average Bonchev–Trinajstić information content (AvgIpc) is 2.51. The molecular weight excluding hydrogens is 324 g/mol. The van der Waals surface area contributed by atoms with Crippen molar-refractivity contribution < 1.29 is 28.6 Å². The van der Waals surface area contributed by atoms with Crippen LogP contribution in [0.2, 0.25) is 0 Å². The van der Waals surface area contributed by atoms with E-state index in [2.05, 4.69) is 0 Å². The molecule has 1 saturated carbocycles. The number of ketones is 1. The van der Waals surface area contributed by atoms with Gasteiger partial charge >= 0.3 is 11.9 Å². The predicted molar refractivity (Wildman–Crippen MR) is 90.5 cm³/mol. The molecule has 6 nitrogen and oxygen atoms in total. The summed E-state index contributed by atoms with van der Waals surface area (Å²) in [5.41, 5.74) is -1.93. The Morgan fingerprint density at radius 2 is 1.88 bits per heavy atom. The smallest absolute Gasteiger partial charge is 0.320 e. The van der Waals surface area contributed by atoms with E-state index < -0.39 is 22.9 Å². The number of rotatable bonds is 5. The Labute approximate surface area is 148 Å². The van der Waals surface area contributed by atoms with Gasteiger partial charge in [-0.05, 0) is 53.9 Å². The molecule has 2 rings (SSSR count). The summed E-state index contributed by atoms with van der Waals surface area (Å²) in [5, 5.41) is 0. The summed E-state index contributed by atoms with van der Waals surface area (Å²) in [6.07, 6.45) is 2.39. The fourth-order valence-electron chi connectivity index (χ4n) is 3.67. The van der Waals surface area contributed by atoms with Gasteiger partial charge in [-0.25, -0.2) is 0 Å². The lowest BCUT2D eigenvalue weighted by Crippen LogP contribution is -2.51. The normalized spacial score (nSPS) is 28.8. The number of hydrogen-bond acceptors (Lipinski definition) is 6. The van der Waals surface area contributed by atoms with E-state index >= 15 is 0 Å². The SMILES string of the molecule is CCOC(=O)[C@]12C[C@@H](C(=O)OC(C)(C)C)C[C@H](C1)C(OCC)=CC2=O. The van der Waals surface area contributed by atoms with Crippen LogP contribution in [0.4, 0.5) is 0 Å². The fourth-order valence-corrected chi connectivity index (χ4v) is 3.67. The molecule has 6 heteroatoms. The molecule has 0 aromatic rings. The zero-order valence-corrected chi connectivity index (χ0v) is 15.7. The van der Waals surface area contributed by atoms with Gasteiger partial charge in [0.1, 0.15) is 16.8 Å². The number of ether oxygens (including phenoxy) is 3. The van der Waals surface area contributed by atoms with Crippen LogP contribution < -0.4 is 0 Å². The molecule has 0 aromatic heterocycles. The molecule has 0 aromatic carbocycles. The maximum Gasteiger partial charge on any atom is 0.320 e. The van der Waals surface area contributed by atoms with Crippen LogP contribution in [0.1, 0.15) is 53.9 Å². The second kappa shape index (κ2) is 7.18. The number of allylic oxidation sites excluding steroid dienone is 2. The van der Waals surface area contributed by atoms with Crippen LogP contribution >= 0.6 is 0 Å². The van der Waals surface area contributed by atoms with Crippen LogP contribution in [0.15, 0.2) is 11.8 Å². The summed E-state index contributed by atoms with van der Waals surface area (Å²) in [6, 6.07) is 0. The second-order valence-corrected chi connectivity index (χ2v) is 7.72. The monoisotopic (exact) mass is 352 g/mol. The molecule has 0 aliphatic heterocycles. The molecule has 1 fully saturated rings. The van der Waals surface area contributed by atoms with Gasteiger partial charge in [-0.3, -0.25) is 14.4 Å². The number of fused-ring (bicyclic) bond motifs is 2. The molecule has 0 radical (unpaired) electrons. The van der Waals surface area contributed by atoms with Gasteiger partial charge < -0.3 is 14.2 Å². The van der Waals surface area contributed by atoms with Crippen LogP contribution in [0.3, 0.4) is 0 Å². The van der Waals surface area contributed by atoms with Crippen molar-refractivity contribution in [2.24, 2.45) is 17.3 Å². The highest BCUT2D eigenvalue weighted by Gasteiger charge is 2.57. The minimum atomic E-state index is -1.30. The van der Waals surface area contributed by atoms with Gasteiger partial charge in [0.25, 0.3) is 0 Å². The Morgan fingerprint density at radius 3 is 2.44 bits per heavy atom. The third kappa shape index (κ3) is 4.05. The molecule has 0 heterocycles. The van der Waals surface area contributed by atoms with Crippen molar-refractivity contribution in [3.8, 4) is 0 Å². The van der Waals surface area contributed by atoms with Gasteiger partial charge in [-0.2, -0.15) is 0 Å². The lowest BCUT2D eigenvalue weighted by atomic mass is 9.60. The Morgan fingerprint density at radius 1 is 1.20 bits per heavy atom. The highest BCUT2D eigenvalue weighted by atomic mass is 16.6. The standard InChI is InChI=1S/C19H28O6/c1-6-23-14-9-15(20)19(17(22)24-7-2)10-12(14)8-13(11-19)16(21)25-18(3,4)5/h9,12-13H,6-8,10-11H2,1-5H3/t12-,13+,19+/m1/s1. The summed E-state index contributed by atoms with van der Waals surface area (Å²) in [4.78, 5) is 38.0. The van der Waals surface area contributed by atoms with E-state index in [9.17, 15) is 14.4 Å². The van der Waals surface area contributed by atoms with E-state index in [1.165, 1.54) is 6.08 Å². The molecular formula is C19H28O6. The lowest BCUT2D eigenvalue weighted by molar-refractivity contribution is -0.171. The quantitative estimate of drug-likeness (QED) is 0.559. The predicted octanol–water partition coefficient (Wildman–Crippen LogP) is 2.80. The lowest BCUT2D eigenvalue weighted by Gasteiger charge is -2.43. The molecule has 0 N–H and O–H groups in total. The molecule has 2 aliphatic carbocycles. The number of carbonyl (C=O) groups excluding carboxylic acids is 3. The van der Waals surface area contributed by atoms with Crippen LogP contribution in [0.25, 0.3) is 0 Å². The van der Waals surface area contributed by atoms with Crippen molar-refractivity contribution in [2.45, 2.75) is 59.5 Å². The first-order valence-corrected chi connectivity index (χ1v) is 8.92. The molecule has 3 atom stereocenters. The summed E-state index contributed by atoms with van der Waals surface area (Å²) in [5.74, 6) is -1.40. The van der Waals surface area contributed by atoms with E-state index in [0.717, 1.165) is 0 Å². The van der Waals surface area contributed by atoms with Gasteiger partial charge in [-0.1, -0.05) is 0 Å². The van der Waals surface area contributed by atoms with E-state index in [0.29, 0.717) is 25.2 Å². The Hall–Kier alpha value is -1.85. The highest BCUT2D eigenvalue weighted by molar-refractivity contribution is 6.10. The largest absolute Gasteiger partial charge is 0.498 e. The van der Waals surface area contributed by atoms with Crippen molar-refractivity contribution in [1.29, 1.82) is 0 Å². The first kappa shape index (κ1) is 19.5. The highest BCUT2D eigenvalue weighted by Crippen LogP contribution is 2.50. The third-order valence-corrected chi connectivity index (χ3v) is 4.62. The van der Waals surface area contributed by atoms with E-state index in [4.69, 9.17) is 14.2 Å². The molecule has 25 heavy (non-hydrogen) atoms. The number of hydrogen-bond donors (Lipinski definition) is 0. The van der Waals surface area contributed by atoms with Gasteiger partial charge in [0.2, 0.25) is 0 Å². The molecule has 2 bridgehead atoms. The van der Waals surface area contributed by atoms with Crippen LogP contribution in [-0.4, -0.2) is 36.5 Å². The minimum absolute atomic E-state index is 0.131. The first-order valence-electron chi connectivity index (χ1n) is 8.92. The maximum absolute atomic E-state index is 12.8. The maximum atomic E-state index is 12.8. The number of carbonyl (C=O) groups is 3. The van der Waals surface area contributed by atoms with Crippen molar-refractivity contribution in [2.75, 3.05) is 13.2 Å². The van der Waals surface area contributed by atoms with E-state index in [-0.39, 0.29) is 30.7 Å². The summed E-state index contributed by atoms with van der Waals surface area (Å²) >= 11 is 0. The van der Waals surface area contributed by atoms with E-state index in [1.54, 1.807) is 27.7 Å². The summed E-state index contributed by atoms with van der Waals surface area (Å²) in [6.45, 7) is 9.56. The molecule has 0 amide bonds. The van der Waals surface area contributed by atoms with Crippen LogP contribution in [0, 0.1) is 17.3 Å². The molecule has 0 saturated heterocycles. The van der Waals surface area contributed by atoms with Crippen molar-refractivity contribution >= 4 is 17.7 Å². The van der Waals surface area contributed by atoms with Gasteiger partial charge in [0.05, 0.1) is 19.1 Å². The molecule has 0 spiro atoms. The van der Waals surface area contributed by atoms with Crippen molar-refractivity contribution in [3.63, 3.8) is 0 Å². The summed E-state index contributed by atoms with van der Waals surface area (Å²) in [7, 11) is 0. The van der Waals surface area contributed by atoms with Crippen LogP contribution in [0.5, 0.6) is 0 Å². The second-order valence-electron chi connectivity index (χ2n) is 7.72. The average molecular weight is 352 g/mol. The summed E-state index contributed by atoms with van der Waals surface area (Å²) < 4.78 is 16.3. The molecule has 140 valence electrons. The van der Waals surface area contributed by atoms with Crippen LogP contribution in [-0.2, 0) is 28.6 Å². The zero-order valence-electron chi connectivity index (χ0n) is 15.7. The fraction of sp³-hybridized carbons (Fsp3) is 0.737. The minimum Gasteiger partial charge on any atom is -0.498 e. The Kier molecular flexibility index (Phi) is 5.59. The Bertz CT molecular complexity index is 585. The van der Waals surface area contributed by atoms with Gasteiger partial charge in [-0.15, -0.1) is 0 Å². The molecule has 2 aliphatic rings. The van der Waals surface area contributed by atoms with Gasteiger partial charge in [0, 0.05) is 12.0 Å². The Balaban J connectivity index is 2.35. The zero-order chi connectivity index (χ0) is 18.8. The third-order valence-electron chi connectivity index (χ3n) is 4.62. The number of esters is 2. The first-order chi connectivity index (χ1) is 11.6. The van der Waals surface area contributed by atoms with Crippen molar-refractivity contribution in [1.82, 2.24) is 0 Å².